The summed E-state index contributed by atoms with van der Waals surface area (Å²) in [6.07, 6.45) is 7.86. The number of quaternary nitrogens is 2. The number of rotatable bonds is 6. The van der Waals surface area contributed by atoms with Crippen LogP contribution >= 0.6 is 0 Å². The van der Waals surface area contributed by atoms with Crippen molar-refractivity contribution >= 4 is 11.9 Å². The Kier molecular flexibility index (Phi) is 11.5. The largest absolute Gasteiger partial charge is 0.545 e. The quantitative estimate of drug-likeness (QED) is 0.245. The van der Waals surface area contributed by atoms with Crippen LogP contribution in [0.3, 0.4) is 0 Å². The maximum atomic E-state index is 11.3. The van der Waals surface area contributed by atoms with Crippen LogP contribution in [0.1, 0.15) is 68.9 Å². The highest BCUT2D eigenvalue weighted by molar-refractivity contribution is 5.86. The molecule has 7 rings (SSSR count). The van der Waals surface area contributed by atoms with Gasteiger partial charge in [-0.3, -0.25) is 0 Å². The Labute approximate surface area is 307 Å². The lowest BCUT2D eigenvalue weighted by Crippen LogP contribution is -2.27. The van der Waals surface area contributed by atoms with Crippen molar-refractivity contribution in [2.24, 2.45) is 0 Å². The number of benzene rings is 2. The zero-order chi connectivity index (χ0) is 37.8. The van der Waals surface area contributed by atoms with E-state index in [1.165, 1.54) is 11.1 Å². The molecular formula is C41H51N7O4. The summed E-state index contributed by atoms with van der Waals surface area (Å²) in [5.74, 6) is -2.41. The summed E-state index contributed by atoms with van der Waals surface area (Å²) in [6.45, 7) is 0. The Balaban J connectivity index is 0.000000464. The van der Waals surface area contributed by atoms with E-state index in [1.807, 2.05) is 27.6 Å². The molecule has 52 heavy (non-hydrogen) atoms. The molecule has 0 spiro atoms. The van der Waals surface area contributed by atoms with Crippen LogP contribution in [0.15, 0.2) is 66.7 Å². The van der Waals surface area contributed by atoms with E-state index in [0.29, 0.717) is 0 Å². The first-order valence-electron chi connectivity index (χ1n) is 17.9. The van der Waals surface area contributed by atoms with Crippen LogP contribution < -0.4 is 10.2 Å². The molecule has 11 heteroatoms. The minimum atomic E-state index is -1.20. The van der Waals surface area contributed by atoms with Crippen molar-refractivity contribution in [3.8, 4) is 34.2 Å². The second-order valence-corrected chi connectivity index (χ2v) is 16.2. The summed E-state index contributed by atoms with van der Waals surface area (Å²) in [5, 5.41) is 32.5. The molecule has 3 aromatic heterocycles. The van der Waals surface area contributed by atoms with Crippen molar-refractivity contribution in [2.75, 3.05) is 56.4 Å². The standard InChI is InChI=1S/C33H29N5O4.2C4H12N/c39-32(40)20-12-16-22(17-13-20)37-28-10-3-1-6-24(28)30(35-37)26-8-5-9-27(34-26)31-25-7-2-4-11-29(25)38(36-31)23-18-14-21(15-19-23)33(41)42;2*1-5(2,3)4/h5,8-9,12-19H,1-4,6-7,10-11H2,(H,39,40)(H,41,42);2*1-4H3/q;2*+1/p-2. The Morgan fingerprint density at radius 2 is 0.865 bits per heavy atom. The fourth-order valence-corrected chi connectivity index (χ4v) is 6.21. The van der Waals surface area contributed by atoms with Crippen molar-refractivity contribution in [2.45, 2.75) is 51.4 Å². The van der Waals surface area contributed by atoms with Gasteiger partial charge in [0.05, 0.1) is 91.1 Å². The molecule has 0 N–H and O–H groups in total. The summed E-state index contributed by atoms with van der Waals surface area (Å²) in [6, 6.07) is 19.2. The molecule has 5 aromatic rings. The molecule has 2 aliphatic rings. The van der Waals surface area contributed by atoms with E-state index in [2.05, 4.69) is 56.4 Å². The number of carboxylic acid groups (broad SMARTS) is 2. The second-order valence-electron chi connectivity index (χ2n) is 16.2. The average molecular weight is 706 g/mol. The Morgan fingerprint density at radius 1 is 0.538 bits per heavy atom. The molecule has 2 aliphatic carbocycles. The van der Waals surface area contributed by atoms with Crippen LogP contribution in [0.5, 0.6) is 0 Å². The zero-order valence-electron chi connectivity index (χ0n) is 31.8. The topological polar surface area (TPSA) is 129 Å². The highest BCUT2D eigenvalue weighted by Gasteiger charge is 2.26. The monoisotopic (exact) mass is 705 g/mol. The zero-order valence-corrected chi connectivity index (χ0v) is 31.8. The summed E-state index contributed by atoms with van der Waals surface area (Å²) in [7, 11) is 17.0. The van der Waals surface area contributed by atoms with Gasteiger partial charge in [0.1, 0.15) is 11.4 Å². The number of carbonyl (C=O) groups excluding carboxylic acids is 2. The van der Waals surface area contributed by atoms with Crippen molar-refractivity contribution < 1.29 is 28.8 Å². The Hall–Kier alpha value is -5.13. The van der Waals surface area contributed by atoms with Crippen molar-refractivity contribution in [3.63, 3.8) is 0 Å². The molecule has 0 unspecified atom stereocenters. The molecule has 0 radical (unpaired) electrons. The third kappa shape index (κ3) is 9.59. The summed E-state index contributed by atoms with van der Waals surface area (Å²) >= 11 is 0. The highest BCUT2D eigenvalue weighted by atomic mass is 16.4. The number of hydrogen-bond donors (Lipinski definition) is 0. The van der Waals surface area contributed by atoms with Crippen molar-refractivity contribution in [3.05, 3.63) is 100 Å². The fraction of sp³-hybridized carbons (Fsp3) is 0.390. The van der Waals surface area contributed by atoms with Gasteiger partial charge in [-0.2, -0.15) is 10.2 Å². The van der Waals surface area contributed by atoms with Gasteiger partial charge in [-0.15, -0.1) is 0 Å². The van der Waals surface area contributed by atoms with E-state index >= 15 is 0 Å². The van der Waals surface area contributed by atoms with Gasteiger partial charge in [-0.1, -0.05) is 30.3 Å². The molecule has 3 heterocycles. The lowest BCUT2D eigenvalue weighted by Gasteiger charge is -2.15. The number of pyridine rings is 1. The lowest BCUT2D eigenvalue weighted by molar-refractivity contribution is -0.849. The molecule has 0 saturated heterocycles. The predicted molar refractivity (Wildman–Crippen MR) is 199 cm³/mol. The van der Waals surface area contributed by atoms with E-state index < -0.39 is 11.9 Å². The molecule has 11 nitrogen and oxygen atoms in total. The molecule has 2 aromatic carbocycles. The number of aromatic nitrogens is 5. The van der Waals surface area contributed by atoms with Crippen molar-refractivity contribution in [1.29, 1.82) is 0 Å². The third-order valence-corrected chi connectivity index (χ3v) is 8.29. The SMILES string of the molecule is C[N+](C)(C)C.C[N+](C)(C)C.O=C([O-])c1ccc(-n2nc(-c3cccc(-c4nn(-c5ccc(C(=O)[O-])cc5)c5c4CCCC5)n3)c3c2CCCC3)cc1. The van der Waals surface area contributed by atoms with Crippen LogP contribution in [-0.4, -0.2) is 102 Å². The molecule has 274 valence electrons. The van der Waals surface area contributed by atoms with E-state index in [-0.39, 0.29) is 11.1 Å². The molecule has 0 saturated carbocycles. The van der Waals surface area contributed by atoms with Gasteiger partial charge in [-0.25, -0.2) is 14.3 Å². The molecule has 0 amide bonds. The minimum absolute atomic E-state index is 0.131. The normalized spacial score (nSPS) is 13.8. The highest BCUT2D eigenvalue weighted by Crippen LogP contribution is 2.35. The van der Waals surface area contributed by atoms with E-state index in [4.69, 9.17) is 15.2 Å². The number of aromatic carboxylic acids is 2. The van der Waals surface area contributed by atoms with Gasteiger partial charge < -0.3 is 28.8 Å². The van der Waals surface area contributed by atoms with Crippen LogP contribution in [0.4, 0.5) is 0 Å². The maximum absolute atomic E-state index is 11.3. The van der Waals surface area contributed by atoms with Crippen LogP contribution in [0, 0.1) is 0 Å². The van der Waals surface area contributed by atoms with Crippen molar-refractivity contribution in [1.82, 2.24) is 24.5 Å². The van der Waals surface area contributed by atoms with Crippen LogP contribution in [0.25, 0.3) is 34.2 Å². The van der Waals surface area contributed by atoms with Gasteiger partial charge in [0.15, 0.2) is 0 Å². The maximum Gasteiger partial charge on any atom is 0.115 e. The first-order chi connectivity index (χ1) is 24.5. The third-order valence-electron chi connectivity index (χ3n) is 8.29. The van der Waals surface area contributed by atoms with E-state index in [0.717, 1.165) is 106 Å². The van der Waals surface area contributed by atoms with E-state index in [1.54, 1.807) is 48.5 Å². The molecular weight excluding hydrogens is 654 g/mol. The first kappa shape index (κ1) is 38.1. The summed E-state index contributed by atoms with van der Waals surface area (Å²) in [5.41, 5.74) is 9.70. The number of carbonyl (C=O) groups is 2. The van der Waals surface area contributed by atoms with Gasteiger partial charge in [0.2, 0.25) is 0 Å². The smallest absolute Gasteiger partial charge is 0.115 e. The Bertz CT molecular complexity index is 1870. The molecule has 0 atom stereocenters. The summed E-state index contributed by atoms with van der Waals surface area (Å²) < 4.78 is 5.84. The second kappa shape index (κ2) is 15.6. The molecule has 0 bridgehead atoms. The first-order valence-corrected chi connectivity index (χ1v) is 17.9. The van der Waals surface area contributed by atoms with Crippen LogP contribution in [-0.2, 0) is 25.7 Å². The van der Waals surface area contributed by atoms with Gasteiger partial charge in [0, 0.05) is 22.5 Å². The molecule has 0 fully saturated rings. The van der Waals surface area contributed by atoms with E-state index in [9.17, 15) is 19.8 Å². The number of fused-ring (bicyclic) bond motifs is 2. The predicted octanol–water partition coefficient (Wildman–Crippen LogP) is 3.92. The lowest BCUT2D eigenvalue weighted by atomic mass is 9.93. The van der Waals surface area contributed by atoms with Gasteiger partial charge in [0.25, 0.3) is 0 Å². The summed E-state index contributed by atoms with van der Waals surface area (Å²) in [4.78, 5) is 27.6. The number of carboxylic acids is 2. The average Bonchev–Trinajstić information content (AvgIpc) is 3.67. The van der Waals surface area contributed by atoms with Gasteiger partial charge >= 0.3 is 0 Å². The fourth-order valence-electron chi connectivity index (χ4n) is 6.21. The minimum Gasteiger partial charge on any atom is -0.545 e. The van der Waals surface area contributed by atoms with Gasteiger partial charge in [-0.05, 0) is 98.9 Å². The number of nitrogens with zero attached hydrogens (tertiary/aromatic N) is 7. The van der Waals surface area contributed by atoms with Crippen LogP contribution in [0.2, 0.25) is 0 Å². The Morgan fingerprint density at radius 3 is 1.19 bits per heavy atom. The molecule has 0 aliphatic heterocycles. The number of hydrogen-bond acceptors (Lipinski definition) is 7.